The first-order valence-corrected chi connectivity index (χ1v) is 10.8. The largest absolute Gasteiger partial charge is 0.462 e. The van der Waals surface area contributed by atoms with E-state index in [1.54, 1.807) is 26.2 Å². The predicted molar refractivity (Wildman–Crippen MR) is 101 cm³/mol. The van der Waals surface area contributed by atoms with Crippen LogP contribution < -0.4 is 0 Å². The highest BCUT2D eigenvalue weighted by Gasteiger charge is 2.30. The van der Waals surface area contributed by atoms with E-state index in [1.165, 1.54) is 0 Å². The van der Waals surface area contributed by atoms with Gasteiger partial charge < -0.3 is 9.15 Å². The fourth-order valence-corrected chi connectivity index (χ4v) is 5.25. The fourth-order valence-electron chi connectivity index (χ4n) is 3.52. The highest BCUT2D eigenvalue weighted by molar-refractivity contribution is 7.91. The lowest BCUT2D eigenvalue weighted by Crippen LogP contribution is -2.24. The predicted octanol–water partition coefficient (Wildman–Crippen LogP) is 4.21. The van der Waals surface area contributed by atoms with Gasteiger partial charge in [-0.3, -0.25) is 4.90 Å². The Hall–Kier alpha value is -1.34. The van der Waals surface area contributed by atoms with Crippen molar-refractivity contribution in [1.29, 1.82) is 0 Å². The van der Waals surface area contributed by atoms with Crippen LogP contribution in [-0.4, -0.2) is 32.7 Å². The number of nitrogens with zero attached hydrogens (tertiary/aromatic N) is 1. The van der Waals surface area contributed by atoms with Crippen molar-refractivity contribution in [1.82, 2.24) is 4.90 Å². The zero-order valence-corrected chi connectivity index (χ0v) is 16.6. The third kappa shape index (κ3) is 3.98. The molecule has 1 aliphatic heterocycles. The van der Waals surface area contributed by atoms with Gasteiger partial charge in [-0.2, -0.15) is 0 Å². The van der Waals surface area contributed by atoms with Crippen LogP contribution in [0.2, 0.25) is 5.02 Å². The lowest BCUT2D eigenvalue weighted by Gasteiger charge is -2.24. The van der Waals surface area contributed by atoms with E-state index in [9.17, 15) is 8.42 Å². The van der Waals surface area contributed by atoms with Gasteiger partial charge in [0.1, 0.15) is 18.1 Å². The minimum Gasteiger partial charge on any atom is -0.462 e. The van der Waals surface area contributed by atoms with Crippen molar-refractivity contribution >= 4 is 21.4 Å². The molecule has 26 heavy (non-hydrogen) atoms. The number of hydrogen-bond acceptors (Lipinski definition) is 5. The Kier molecular flexibility index (Phi) is 6.07. The van der Waals surface area contributed by atoms with Gasteiger partial charge in [-0.05, 0) is 43.1 Å². The van der Waals surface area contributed by atoms with E-state index in [4.69, 9.17) is 20.8 Å². The molecule has 0 spiro atoms. The number of rotatable bonds is 7. The van der Waals surface area contributed by atoms with Gasteiger partial charge in [0.15, 0.2) is 9.84 Å². The Morgan fingerprint density at radius 1 is 1.31 bits per heavy atom. The molecule has 2 heterocycles. The Morgan fingerprint density at radius 3 is 2.85 bits per heavy atom. The van der Waals surface area contributed by atoms with E-state index in [0.717, 1.165) is 36.5 Å². The Labute approximate surface area is 159 Å². The summed E-state index contributed by atoms with van der Waals surface area (Å²) in [6, 6.07) is 9.35. The maximum absolute atomic E-state index is 12.5. The van der Waals surface area contributed by atoms with Crippen molar-refractivity contribution in [3.63, 3.8) is 0 Å². The number of hydrogen-bond donors (Lipinski definition) is 0. The molecule has 1 atom stereocenters. The van der Waals surface area contributed by atoms with Crippen molar-refractivity contribution in [2.45, 2.75) is 43.9 Å². The van der Waals surface area contributed by atoms with Crippen LogP contribution in [0.4, 0.5) is 0 Å². The number of methoxy groups -OCH3 is 1. The molecular formula is C19H24ClNO4S. The smallest absolute Gasteiger partial charge is 0.179 e. The van der Waals surface area contributed by atoms with Crippen LogP contribution >= 0.6 is 11.6 Å². The molecule has 5 nitrogen and oxygen atoms in total. The number of benzene rings is 1. The van der Waals surface area contributed by atoms with Crippen molar-refractivity contribution in [3.8, 4) is 0 Å². The van der Waals surface area contributed by atoms with Crippen LogP contribution in [0.25, 0.3) is 0 Å². The van der Waals surface area contributed by atoms with Gasteiger partial charge in [-0.1, -0.05) is 30.7 Å². The summed E-state index contributed by atoms with van der Waals surface area (Å²) >= 11 is 6.24. The second kappa shape index (κ2) is 8.13. The number of furan rings is 1. The summed E-state index contributed by atoms with van der Waals surface area (Å²) in [5, 5.41) is 0.292. The maximum atomic E-state index is 12.5. The van der Waals surface area contributed by atoms with Gasteiger partial charge in [0.2, 0.25) is 0 Å². The standard InChI is InChI=1S/C19H24ClNO4S/c1-3-26(22,23)19-14(6-4-7-16(19)20)12-21-11-5-8-17(21)18-10-9-15(25-18)13-24-2/h4,6-7,9-10,17H,3,5,8,11-13H2,1-2H3. The molecule has 0 saturated carbocycles. The third-order valence-corrected chi connectivity index (χ3v) is 7.07. The molecule has 0 aliphatic carbocycles. The fraction of sp³-hybridized carbons (Fsp3) is 0.474. The lowest BCUT2D eigenvalue weighted by atomic mass is 10.1. The molecule has 2 aromatic rings. The molecule has 3 rings (SSSR count). The maximum Gasteiger partial charge on any atom is 0.179 e. The molecule has 1 aliphatic rings. The summed E-state index contributed by atoms with van der Waals surface area (Å²) in [6.07, 6.45) is 2.03. The van der Waals surface area contributed by atoms with Crippen molar-refractivity contribution < 1.29 is 17.6 Å². The summed E-state index contributed by atoms with van der Waals surface area (Å²) in [5.41, 5.74) is 0.745. The molecule has 0 radical (unpaired) electrons. The monoisotopic (exact) mass is 397 g/mol. The minimum absolute atomic E-state index is 0.0335. The van der Waals surface area contributed by atoms with Crippen LogP contribution in [0, 0.1) is 0 Å². The first-order chi connectivity index (χ1) is 12.5. The Bertz CT molecular complexity index is 862. The second-order valence-electron chi connectivity index (χ2n) is 6.50. The molecule has 1 fully saturated rings. The Morgan fingerprint density at radius 2 is 2.12 bits per heavy atom. The average molecular weight is 398 g/mol. The van der Waals surface area contributed by atoms with E-state index in [1.807, 2.05) is 18.2 Å². The van der Waals surface area contributed by atoms with E-state index < -0.39 is 9.84 Å². The summed E-state index contributed by atoms with van der Waals surface area (Å²) < 4.78 is 36.0. The van der Waals surface area contributed by atoms with E-state index in [2.05, 4.69) is 4.90 Å². The molecule has 0 amide bonds. The van der Waals surface area contributed by atoms with Crippen LogP contribution in [0.3, 0.4) is 0 Å². The third-order valence-electron chi connectivity index (χ3n) is 4.77. The van der Waals surface area contributed by atoms with Crippen LogP contribution in [0.15, 0.2) is 39.6 Å². The molecule has 1 aromatic heterocycles. The zero-order valence-electron chi connectivity index (χ0n) is 15.1. The molecule has 1 unspecified atom stereocenters. The molecule has 1 saturated heterocycles. The summed E-state index contributed by atoms with van der Waals surface area (Å²) in [6.45, 7) is 3.50. The minimum atomic E-state index is -3.39. The quantitative estimate of drug-likeness (QED) is 0.700. The molecule has 142 valence electrons. The van der Waals surface area contributed by atoms with Gasteiger partial charge in [0.25, 0.3) is 0 Å². The van der Waals surface area contributed by atoms with Gasteiger partial charge in [0.05, 0.1) is 21.7 Å². The summed E-state index contributed by atoms with van der Waals surface area (Å²) in [7, 11) is -1.75. The topological polar surface area (TPSA) is 59.8 Å². The average Bonchev–Trinajstić information content (AvgIpc) is 3.24. The molecule has 0 N–H and O–H groups in total. The van der Waals surface area contributed by atoms with Crippen molar-refractivity contribution in [3.05, 3.63) is 52.4 Å². The van der Waals surface area contributed by atoms with Crippen LogP contribution in [0.5, 0.6) is 0 Å². The highest BCUT2D eigenvalue weighted by Crippen LogP contribution is 2.36. The van der Waals surface area contributed by atoms with E-state index in [0.29, 0.717) is 18.2 Å². The summed E-state index contributed by atoms with van der Waals surface area (Å²) in [4.78, 5) is 2.52. The van der Waals surface area contributed by atoms with Gasteiger partial charge in [0, 0.05) is 13.7 Å². The van der Waals surface area contributed by atoms with E-state index in [-0.39, 0.29) is 16.7 Å². The first kappa shape index (κ1) is 19.4. The molecule has 7 heteroatoms. The van der Waals surface area contributed by atoms with Crippen LogP contribution in [0.1, 0.15) is 42.9 Å². The highest BCUT2D eigenvalue weighted by atomic mass is 35.5. The van der Waals surface area contributed by atoms with Crippen molar-refractivity contribution in [2.75, 3.05) is 19.4 Å². The first-order valence-electron chi connectivity index (χ1n) is 8.78. The number of sulfone groups is 1. The van der Waals surface area contributed by atoms with Crippen molar-refractivity contribution in [2.24, 2.45) is 0 Å². The lowest BCUT2D eigenvalue weighted by molar-refractivity contribution is 0.155. The normalized spacial score (nSPS) is 18.5. The van der Waals surface area contributed by atoms with Gasteiger partial charge >= 0.3 is 0 Å². The van der Waals surface area contributed by atoms with Gasteiger partial charge in [-0.15, -0.1) is 0 Å². The number of likely N-dealkylation sites (tertiary alicyclic amines) is 1. The molecular weight excluding hydrogens is 374 g/mol. The molecule has 0 bridgehead atoms. The van der Waals surface area contributed by atoms with Gasteiger partial charge in [-0.25, -0.2) is 8.42 Å². The van der Waals surface area contributed by atoms with E-state index >= 15 is 0 Å². The Balaban J connectivity index is 1.87. The number of halogens is 1. The second-order valence-corrected chi connectivity index (χ2v) is 9.12. The zero-order chi connectivity index (χ0) is 18.7. The SMILES string of the molecule is CCS(=O)(=O)c1c(Cl)cccc1CN1CCCC1c1ccc(COC)o1. The molecule has 1 aromatic carbocycles. The van der Waals surface area contributed by atoms with Crippen LogP contribution in [-0.2, 0) is 27.7 Å². The summed E-state index contributed by atoms with van der Waals surface area (Å²) in [5.74, 6) is 1.73. The number of ether oxygens (including phenoxy) is 1.